The number of alkyl carbamates (subject to hydrolysis) is 1. The molecule has 0 saturated carbocycles. The number of carbonyl (C=O) groups is 1. The molecule has 0 bridgehead atoms. The van der Waals surface area contributed by atoms with E-state index in [1.54, 1.807) is 43.5 Å². The Hall–Kier alpha value is -4.05. The third-order valence-corrected chi connectivity index (χ3v) is 6.05. The molecule has 9 nitrogen and oxygen atoms in total. The zero-order valence-electron chi connectivity index (χ0n) is 21.8. The lowest BCUT2D eigenvalue weighted by Crippen LogP contribution is -2.34. The van der Waals surface area contributed by atoms with Crippen LogP contribution in [0.5, 0.6) is 11.6 Å². The number of pyridine rings is 2. The van der Waals surface area contributed by atoms with Crippen molar-refractivity contribution in [3.8, 4) is 34.2 Å². The van der Waals surface area contributed by atoms with E-state index in [4.69, 9.17) is 23.6 Å². The lowest BCUT2D eigenvalue weighted by molar-refractivity contribution is 0.0520. The number of methoxy groups -OCH3 is 1. The van der Waals surface area contributed by atoms with Crippen molar-refractivity contribution < 1.29 is 23.4 Å². The summed E-state index contributed by atoms with van der Waals surface area (Å²) in [6, 6.07) is 15.1. The minimum atomic E-state index is -0.542. The molecule has 198 valence electrons. The average molecular weight is 535 g/mol. The highest BCUT2D eigenvalue weighted by atomic mass is 32.2. The molecule has 1 N–H and O–H groups in total. The predicted octanol–water partition coefficient (Wildman–Crippen LogP) is 6.00. The maximum atomic E-state index is 11.8. The number of oxazole rings is 1. The van der Waals surface area contributed by atoms with E-state index in [0.29, 0.717) is 47.9 Å². The van der Waals surface area contributed by atoms with E-state index in [1.807, 2.05) is 63.2 Å². The van der Waals surface area contributed by atoms with Crippen LogP contribution in [0.1, 0.15) is 26.7 Å². The number of nitrogens with one attached hydrogen (secondary N) is 1. The second-order valence-electron chi connectivity index (χ2n) is 9.15. The Bertz CT molecular complexity index is 1320. The number of nitrogens with zero attached hydrogens (tertiary/aromatic N) is 3. The fourth-order valence-electron chi connectivity index (χ4n) is 3.38. The van der Waals surface area contributed by atoms with Gasteiger partial charge < -0.3 is 23.9 Å². The topological polar surface area (TPSA) is 109 Å². The lowest BCUT2D eigenvalue weighted by atomic mass is 10.1. The van der Waals surface area contributed by atoms with E-state index < -0.39 is 11.7 Å². The first-order chi connectivity index (χ1) is 18.3. The highest BCUT2D eigenvalue weighted by Gasteiger charge is 2.18. The van der Waals surface area contributed by atoms with E-state index in [9.17, 15) is 4.79 Å². The summed E-state index contributed by atoms with van der Waals surface area (Å²) in [5, 5.41) is 2.68. The maximum absolute atomic E-state index is 11.8. The van der Waals surface area contributed by atoms with Gasteiger partial charge in [0.05, 0.1) is 19.4 Å². The number of aromatic nitrogens is 3. The Morgan fingerprint density at radius 1 is 1.03 bits per heavy atom. The van der Waals surface area contributed by atoms with Crippen molar-refractivity contribution in [1.82, 2.24) is 20.3 Å². The van der Waals surface area contributed by atoms with Gasteiger partial charge in [-0.15, -0.1) is 11.8 Å². The molecule has 4 rings (SSSR count). The second-order valence-corrected chi connectivity index (χ2v) is 10.2. The van der Waals surface area contributed by atoms with Gasteiger partial charge in [-0.3, -0.25) is 4.98 Å². The number of carbonyl (C=O) groups excluding carboxylic acids is 1. The van der Waals surface area contributed by atoms with Crippen LogP contribution >= 0.6 is 11.8 Å². The fourth-order valence-corrected chi connectivity index (χ4v) is 4.10. The molecule has 0 fully saturated rings. The summed E-state index contributed by atoms with van der Waals surface area (Å²) in [6.07, 6.45) is 4.76. The van der Waals surface area contributed by atoms with Crippen LogP contribution in [0, 0.1) is 0 Å². The molecule has 0 saturated heterocycles. The minimum Gasteiger partial charge on any atom is -0.492 e. The minimum absolute atomic E-state index is 0.306. The molecule has 38 heavy (non-hydrogen) atoms. The monoisotopic (exact) mass is 534 g/mol. The van der Waals surface area contributed by atoms with E-state index >= 15 is 0 Å². The van der Waals surface area contributed by atoms with Crippen molar-refractivity contribution in [2.45, 2.75) is 37.0 Å². The first-order valence-corrected chi connectivity index (χ1v) is 13.0. The Balaban J connectivity index is 1.46. The SMILES string of the molecule is COc1ccc(-c2nc(CSc3ccncc3)oc2-c2ccc(OCCNC(=O)OC(C)(C)C)cc2)cn1. The Morgan fingerprint density at radius 3 is 2.42 bits per heavy atom. The van der Waals surface area contributed by atoms with Gasteiger partial charge in [-0.05, 0) is 63.2 Å². The molecule has 10 heteroatoms. The van der Waals surface area contributed by atoms with Crippen molar-refractivity contribution >= 4 is 17.9 Å². The van der Waals surface area contributed by atoms with Crippen LogP contribution in [-0.4, -0.2) is 46.9 Å². The number of rotatable bonds is 10. The molecule has 0 aliphatic rings. The van der Waals surface area contributed by atoms with Gasteiger partial charge in [0.2, 0.25) is 11.8 Å². The van der Waals surface area contributed by atoms with E-state index in [-0.39, 0.29) is 0 Å². The zero-order chi connectivity index (χ0) is 27.0. The number of benzene rings is 1. The van der Waals surface area contributed by atoms with Gasteiger partial charge in [0, 0.05) is 40.7 Å². The summed E-state index contributed by atoms with van der Waals surface area (Å²) in [5.41, 5.74) is 1.82. The molecule has 4 aromatic rings. The maximum Gasteiger partial charge on any atom is 0.407 e. The van der Waals surface area contributed by atoms with Crippen LogP contribution in [0.2, 0.25) is 0 Å². The van der Waals surface area contributed by atoms with Gasteiger partial charge >= 0.3 is 6.09 Å². The smallest absolute Gasteiger partial charge is 0.407 e. The summed E-state index contributed by atoms with van der Waals surface area (Å²) in [5.74, 6) is 2.99. The van der Waals surface area contributed by atoms with Gasteiger partial charge in [0.25, 0.3) is 0 Å². The van der Waals surface area contributed by atoms with Crippen molar-refractivity contribution in [2.24, 2.45) is 0 Å². The largest absolute Gasteiger partial charge is 0.492 e. The first kappa shape index (κ1) is 27.0. The van der Waals surface area contributed by atoms with Gasteiger partial charge in [-0.1, -0.05) is 0 Å². The average Bonchev–Trinajstić information content (AvgIpc) is 3.34. The van der Waals surface area contributed by atoms with Crippen LogP contribution in [0.4, 0.5) is 4.79 Å². The van der Waals surface area contributed by atoms with E-state index in [2.05, 4.69) is 15.3 Å². The van der Waals surface area contributed by atoms with E-state index in [1.165, 1.54) is 0 Å². The Kier molecular flexibility index (Phi) is 8.85. The number of hydrogen-bond acceptors (Lipinski definition) is 9. The molecule has 3 aromatic heterocycles. The molecule has 0 aliphatic heterocycles. The van der Waals surface area contributed by atoms with Gasteiger partial charge in [-0.2, -0.15) is 0 Å². The number of ether oxygens (including phenoxy) is 3. The summed E-state index contributed by atoms with van der Waals surface area (Å²) < 4.78 is 22.4. The Labute approximate surface area is 226 Å². The normalized spacial score (nSPS) is 11.2. The first-order valence-electron chi connectivity index (χ1n) is 12.0. The van der Waals surface area contributed by atoms with Crippen molar-refractivity contribution in [2.75, 3.05) is 20.3 Å². The van der Waals surface area contributed by atoms with Crippen LogP contribution in [0.15, 0.2) is 76.4 Å². The van der Waals surface area contributed by atoms with E-state index in [0.717, 1.165) is 16.0 Å². The van der Waals surface area contributed by atoms with Crippen molar-refractivity contribution in [3.05, 3.63) is 73.0 Å². The van der Waals surface area contributed by atoms with Crippen LogP contribution in [0.3, 0.4) is 0 Å². The lowest BCUT2D eigenvalue weighted by Gasteiger charge is -2.19. The van der Waals surface area contributed by atoms with Crippen molar-refractivity contribution in [1.29, 1.82) is 0 Å². The summed E-state index contributed by atoms with van der Waals surface area (Å²) in [6.45, 7) is 6.08. The summed E-state index contributed by atoms with van der Waals surface area (Å²) >= 11 is 1.62. The number of thioether (sulfide) groups is 1. The zero-order valence-corrected chi connectivity index (χ0v) is 22.6. The Morgan fingerprint density at radius 2 is 1.76 bits per heavy atom. The van der Waals surface area contributed by atoms with Gasteiger partial charge in [-0.25, -0.2) is 14.8 Å². The summed E-state index contributed by atoms with van der Waals surface area (Å²) in [4.78, 5) is 26.0. The van der Waals surface area contributed by atoms with Gasteiger partial charge in [0.15, 0.2) is 5.76 Å². The van der Waals surface area contributed by atoms with Crippen LogP contribution in [-0.2, 0) is 10.5 Å². The molecule has 0 spiro atoms. The molecule has 1 amide bonds. The quantitative estimate of drug-likeness (QED) is 0.193. The summed E-state index contributed by atoms with van der Waals surface area (Å²) in [7, 11) is 1.58. The highest BCUT2D eigenvalue weighted by Crippen LogP contribution is 2.35. The molecule has 3 heterocycles. The highest BCUT2D eigenvalue weighted by molar-refractivity contribution is 7.98. The number of amides is 1. The standard InChI is InChI=1S/C28H30N4O5S/c1-28(2,3)37-27(33)30-15-16-35-21-8-5-19(6-9-21)26-25(20-7-10-23(34-4)31-17-20)32-24(36-26)18-38-22-11-13-29-14-12-22/h5-14,17H,15-16,18H2,1-4H3,(H,30,33). The van der Waals surface area contributed by atoms with Crippen molar-refractivity contribution in [3.63, 3.8) is 0 Å². The second kappa shape index (κ2) is 12.5. The molecule has 1 aromatic carbocycles. The molecular weight excluding hydrogens is 504 g/mol. The molecule has 0 aliphatic carbocycles. The number of hydrogen-bond donors (Lipinski definition) is 1. The van der Waals surface area contributed by atoms with Crippen LogP contribution < -0.4 is 14.8 Å². The fraction of sp³-hybridized carbons (Fsp3) is 0.286. The molecular formula is C28H30N4O5S. The predicted molar refractivity (Wildman–Crippen MR) is 145 cm³/mol. The molecule has 0 unspecified atom stereocenters. The third kappa shape index (κ3) is 7.72. The van der Waals surface area contributed by atoms with Crippen LogP contribution in [0.25, 0.3) is 22.6 Å². The molecule has 0 radical (unpaired) electrons. The third-order valence-electron chi connectivity index (χ3n) is 5.06. The molecule has 0 atom stereocenters. The van der Waals surface area contributed by atoms with Gasteiger partial charge in [0.1, 0.15) is 23.7 Å².